The third-order valence-corrected chi connectivity index (χ3v) is 5.20. The molecule has 110 valence electrons. The fraction of sp³-hybridized carbons (Fsp3) is 0.538. The lowest BCUT2D eigenvalue weighted by Crippen LogP contribution is -2.47. The molecule has 0 aliphatic carbocycles. The Morgan fingerprint density at radius 1 is 1.45 bits per heavy atom. The quantitative estimate of drug-likeness (QED) is 0.861. The Bertz CT molecular complexity index is 532. The number of halogens is 2. The Kier molecular flexibility index (Phi) is 5.07. The van der Waals surface area contributed by atoms with Crippen LogP contribution in [0.15, 0.2) is 6.07 Å². The van der Waals surface area contributed by atoms with Gasteiger partial charge in [-0.2, -0.15) is 0 Å². The van der Waals surface area contributed by atoms with Gasteiger partial charge in [0.25, 0.3) is 0 Å². The van der Waals surface area contributed by atoms with Crippen LogP contribution in [0.4, 0.5) is 0 Å². The smallest absolute Gasteiger partial charge is 0.221 e. The van der Waals surface area contributed by atoms with Crippen LogP contribution in [-0.4, -0.2) is 35.7 Å². The van der Waals surface area contributed by atoms with E-state index in [1.807, 2.05) is 11.8 Å². The molecule has 4 nitrogen and oxygen atoms in total. The Hall–Kier alpha value is -0.620. The van der Waals surface area contributed by atoms with Gasteiger partial charge in [0.05, 0.1) is 22.4 Å². The maximum absolute atomic E-state index is 12.3. The molecule has 0 saturated carbocycles. The maximum atomic E-state index is 12.3. The predicted octanol–water partition coefficient (Wildman–Crippen LogP) is 2.82. The van der Waals surface area contributed by atoms with E-state index in [9.17, 15) is 9.59 Å². The molecule has 0 aromatic carbocycles. The van der Waals surface area contributed by atoms with E-state index in [2.05, 4.69) is 0 Å². The largest absolute Gasteiger partial charge is 0.369 e. The first-order valence-corrected chi connectivity index (χ1v) is 7.97. The molecular formula is C13H16Cl2N2O2S. The van der Waals surface area contributed by atoms with Gasteiger partial charge in [-0.25, -0.2) is 0 Å². The molecule has 1 aromatic heterocycles. The van der Waals surface area contributed by atoms with E-state index in [0.29, 0.717) is 20.8 Å². The number of piperidine rings is 1. The van der Waals surface area contributed by atoms with Gasteiger partial charge in [0.1, 0.15) is 4.34 Å². The van der Waals surface area contributed by atoms with Crippen molar-refractivity contribution in [1.29, 1.82) is 0 Å². The second kappa shape index (κ2) is 6.43. The standard InChI is InChI=1S/C13H16Cl2N2O2S/c1-7-2-3-8(13(16)19)5-17(7)6-10(18)9-4-11(14)20-12(9)15/h4,7-8H,2-3,5-6H2,1H3,(H2,16,19). The molecule has 20 heavy (non-hydrogen) atoms. The summed E-state index contributed by atoms with van der Waals surface area (Å²) in [6.07, 6.45) is 1.64. The van der Waals surface area contributed by atoms with E-state index in [4.69, 9.17) is 28.9 Å². The molecule has 1 aliphatic rings. The number of thiophene rings is 1. The third-order valence-electron chi connectivity index (χ3n) is 3.72. The molecule has 1 fully saturated rings. The van der Waals surface area contributed by atoms with Crippen molar-refractivity contribution in [3.8, 4) is 0 Å². The number of Topliss-reactive ketones (excluding diaryl/α,β-unsaturated/α-hetero) is 1. The zero-order valence-electron chi connectivity index (χ0n) is 11.1. The first kappa shape index (κ1) is 15.8. The molecule has 1 saturated heterocycles. The number of likely N-dealkylation sites (tertiary alicyclic amines) is 1. The second-order valence-corrected chi connectivity index (χ2v) is 7.40. The zero-order chi connectivity index (χ0) is 14.9. The van der Waals surface area contributed by atoms with E-state index >= 15 is 0 Å². The van der Waals surface area contributed by atoms with Gasteiger partial charge in [-0.3, -0.25) is 14.5 Å². The molecule has 2 rings (SSSR count). The minimum atomic E-state index is -0.300. The van der Waals surface area contributed by atoms with Crippen LogP contribution in [0.1, 0.15) is 30.1 Å². The predicted molar refractivity (Wildman–Crippen MR) is 81.6 cm³/mol. The molecule has 2 atom stereocenters. The Morgan fingerprint density at radius 3 is 2.70 bits per heavy atom. The molecular weight excluding hydrogens is 319 g/mol. The van der Waals surface area contributed by atoms with Crippen molar-refractivity contribution in [1.82, 2.24) is 4.90 Å². The molecule has 1 aliphatic heterocycles. The monoisotopic (exact) mass is 334 g/mol. The van der Waals surface area contributed by atoms with Crippen LogP contribution >= 0.6 is 34.5 Å². The summed E-state index contributed by atoms with van der Waals surface area (Å²) in [5, 5.41) is 0. The van der Waals surface area contributed by atoms with Gasteiger partial charge in [-0.15, -0.1) is 11.3 Å². The highest BCUT2D eigenvalue weighted by Gasteiger charge is 2.30. The van der Waals surface area contributed by atoms with Crippen molar-refractivity contribution in [2.75, 3.05) is 13.1 Å². The van der Waals surface area contributed by atoms with Crippen LogP contribution in [0.2, 0.25) is 8.67 Å². The molecule has 2 N–H and O–H groups in total. The average Bonchev–Trinajstić information content (AvgIpc) is 2.71. The number of carbonyl (C=O) groups excluding carboxylic acids is 2. The summed E-state index contributed by atoms with van der Waals surface area (Å²) in [5.74, 6) is -0.554. The normalized spacial score (nSPS) is 23.8. The molecule has 0 radical (unpaired) electrons. The van der Waals surface area contributed by atoms with E-state index in [1.54, 1.807) is 6.07 Å². The van der Waals surface area contributed by atoms with E-state index < -0.39 is 0 Å². The summed E-state index contributed by atoms with van der Waals surface area (Å²) in [5.41, 5.74) is 5.81. The van der Waals surface area contributed by atoms with Crippen molar-refractivity contribution < 1.29 is 9.59 Å². The molecule has 1 amide bonds. The summed E-state index contributed by atoms with van der Waals surface area (Å²) in [6, 6.07) is 1.85. The summed E-state index contributed by atoms with van der Waals surface area (Å²) >= 11 is 13.0. The van der Waals surface area contributed by atoms with Crippen LogP contribution in [0.5, 0.6) is 0 Å². The number of primary amides is 1. The maximum Gasteiger partial charge on any atom is 0.221 e. The number of rotatable bonds is 4. The van der Waals surface area contributed by atoms with Gasteiger partial charge in [0.15, 0.2) is 5.78 Å². The summed E-state index contributed by atoms with van der Waals surface area (Å²) in [7, 11) is 0. The fourth-order valence-electron chi connectivity index (χ4n) is 2.43. The second-order valence-electron chi connectivity index (χ2n) is 5.12. The van der Waals surface area contributed by atoms with Gasteiger partial charge in [0, 0.05) is 12.6 Å². The Balaban J connectivity index is 2.06. The molecule has 1 aromatic rings. The van der Waals surface area contributed by atoms with Crippen molar-refractivity contribution in [3.63, 3.8) is 0 Å². The van der Waals surface area contributed by atoms with Crippen molar-refractivity contribution in [3.05, 3.63) is 20.3 Å². The summed E-state index contributed by atoms with van der Waals surface area (Å²) in [6.45, 7) is 2.81. The molecule has 2 heterocycles. The highest BCUT2D eigenvalue weighted by atomic mass is 35.5. The van der Waals surface area contributed by atoms with Gasteiger partial charge >= 0.3 is 0 Å². The average molecular weight is 335 g/mol. The van der Waals surface area contributed by atoms with E-state index in [-0.39, 0.29) is 30.2 Å². The van der Waals surface area contributed by atoms with E-state index in [0.717, 1.165) is 12.8 Å². The lowest BCUT2D eigenvalue weighted by Gasteiger charge is -2.36. The number of amides is 1. The minimum absolute atomic E-state index is 0.0740. The molecule has 0 bridgehead atoms. The van der Waals surface area contributed by atoms with Crippen molar-refractivity contribution in [2.24, 2.45) is 11.7 Å². The lowest BCUT2D eigenvalue weighted by molar-refractivity contribution is -0.123. The summed E-state index contributed by atoms with van der Waals surface area (Å²) in [4.78, 5) is 25.6. The first-order chi connectivity index (χ1) is 9.38. The van der Waals surface area contributed by atoms with Gasteiger partial charge in [-0.1, -0.05) is 23.2 Å². The third kappa shape index (κ3) is 3.52. The van der Waals surface area contributed by atoms with Crippen LogP contribution in [0.3, 0.4) is 0 Å². The van der Waals surface area contributed by atoms with E-state index in [1.165, 1.54) is 11.3 Å². The Morgan fingerprint density at radius 2 is 2.15 bits per heavy atom. The topological polar surface area (TPSA) is 63.4 Å². The van der Waals surface area contributed by atoms with Gasteiger partial charge < -0.3 is 5.73 Å². The summed E-state index contributed by atoms with van der Waals surface area (Å²) < 4.78 is 0.913. The highest BCUT2D eigenvalue weighted by molar-refractivity contribution is 7.20. The van der Waals surface area contributed by atoms with Crippen molar-refractivity contribution in [2.45, 2.75) is 25.8 Å². The van der Waals surface area contributed by atoms with Crippen LogP contribution < -0.4 is 5.73 Å². The number of hydrogen-bond donors (Lipinski definition) is 1. The van der Waals surface area contributed by atoms with Crippen molar-refractivity contribution >= 4 is 46.2 Å². The minimum Gasteiger partial charge on any atom is -0.369 e. The first-order valence-electron chi connectivity index (χ1n) is 6.40. The number of hydrogen-bond acceptors (Lipinski definition) is 4. The van der Waals surface area contributed by atoms with Crippen LogP contribution in [0.25, 0.3) is 0 Å². The number of nitrogens with zero attached hydrogens (tertiary/aromatic N) is 1. The molecule has 2 unspecified atom stereocenters. The van der Waals surface area contributed by atoms with Crippen LogP contribution in [0, 0.1) is 5.92 Å². The zero-order valence-corrected chi connectivity index (χ0v) is 13.4. The molecule has 0 spiro atoms. The number of nitrogens with two attached hydrogens (primary N) is 1. The number of carbonyl (C=O) groups is 2. The number of ketones is 1. The van der Waals surface area contributed by atoms with Gasteiger partial charge in [-0.05, 0) is 25.8 Å². The highest BCUT2D eigenvalue weighted by Crippen LogP contribution is 2.32. The Labute approximate surface area is 131 Å². The fourth-order valence-corrected chi connectivity index (χ4v) is 3.93. The van der Waals surface area contributed by atoms with Crippen LogP contribution in [-0.2, 0) is 4.79 Å². The SMILES string of the molecule is CC1CCC(C(N)=O)CN1CC(=O)c1cc(Cl)sc1Cl. The van der Waals surface area contributed by atoms with Gasteiger partial charge in [0.2, 0.25) is 5.91 Å². The molecule has 7 heteroatoms. The lowest BCUT2D eigenvalue weighted by atomic mass is 9.92.